The summed E-state index contributed by atoms with van der Waals surface area (Å²) in [6.07, 6.45) is 0.0379. The van der Waals surface area contributed by atoms with E-state index < -0.39 is 14.8 Å². The average molecular weight is 294 g/mol. The van der Waals surface area contributed by atoms with E-state index >= 15 is 0 Å². The van der Waals surface area contributed by atoms with E-state index in [4.69, 9.17) is 9.84 Å². The molecule has 0 aliphatic heterocycles. The van der Waals surface area contributed by atoms with Crippen LogP contribution in [-0.4, -0.2) is 26.5 Å². The SMILES string of the molecule is Cc1cc(OCCC(=O)O)ccc1[SiH](C(C)C)C(C)C. The van der Waals surface area contributed by atoms with E-state index in [1.807, 2.05) is 12.1 Å². The Bertz CT molecular complexity index is 447. The van der Waals surface area contributed by atoms with Crippen molar-refractivity contribution in [3.05, 3.63) is 23.8 Å². The van der Waals surface area contributed by atoms with Gasteiger partial charge in [-0.2, -0.15) is 0 Å². The van der Waals surface area contributed by atoms with Crippen LogP contribution in [-0.2, 0) is 4.79 Å². The van der Waals surface area contributed by atoms with Gasteiger partial charge in [0, 0.05) is 0 Å². The number of aryl methyl sites for hydroxylation is 1. The Labute approximate surface area is 123 Å². The van der Waals surface area contributed by atoms with Crippen LogP contribution < -0.4 is 9.92 Å². The van der Waals surface area contributed by atoms with Crippen LogP contribution in [0.25, 0.3) is 0 Å². The summed E-state index contributed by atoms with van der Waals surface area (Å²) < 4.78 is 5.49. The number of carbonyl (C=O) groups is 1. The number of carboxylic acids is 1. The Morgan fingerprint density at radius 1 is 1.25 bits per heavy atom. The minimum absolute atomic E-state index is 0.0379. The minimum Gasteiger partial charge on any atom is -0.493 e. The summed E-state index contributed by atoms with van der Waals surface area (Å²) in [6, 6.07) is 6.21. The standard InChI is InChI=1S/C16H26O3Si/c1-11(2)20(12(3)4)15-7-6-14(10-13(15)5)19-9-8-16(17)18/h6-7,10-12,20H,8-9H2,1-5H3,(H,17,18). The highest BCUT2D eigenvalue weighted by molar-refractivity contribution is 6.76. The first-order valence-electron chi connectivity index (χ1n) is 7.28. The van der Waals surface area contributed by atoms with Crippen LogP contribution in [0.2, 0.25) is 11.1 Å². The van der Waals surface area contributed by atoms with Gasteiger partial charge in [-0.15, -0.1) is 0 Å². The van der Waals surface area contributed by atoms with Crippen LogP contribution in [0.5, 0.6) is 5.75 Å². The fourth-order valence-corrected chi connectivity index (χ4v) is 6.76. The molecule has 0 heterocycles. The van der Waals surface area contributed by atoms with Gasteiger partial charge >= 0.3 is 5.97 Å². The highest BCUT2D eigenvalue weighted by Crippen LogP contribution is 2.22. The lowest BCUT2D eigenvalue weighted by molar-refractivity contribution is -0.137. The summed E-state index contributed by atoms with van der Waals surface area (Å²) in [5.41, 5.74) is 2.73. The summed E-state index contributed by atoms with van der Waals surface area (Å²) in [7, 11) is -0.992. The molecule has 0 fully saturated rings. The molecular formula is C16H26O3Si. The van der Waals surface area contributed by atoms with Gasteiger partial charge in [-0.05, 0) is 35.7 Å². The molecule has 0 saturated heterocycles. The lowest BCUT2D eigenvalue weighted by Gasteiger charge is -2.25. The Balaban J connectivity index is 2.84. The van der Waals surface area contributed by atoms with Gasteiger partial charge in [0.1, 0.15) is 5.75 Å². The molecular weight excluding hydrogens is 268 g/mol. The minimum atomic E-state index is -0.992. The molecule has 0 aromatic heterocycles. The summed E-state index contributed by atoms with van der Waals surface area (Å²) in [6.45, 7) is 11.6. The highest BCUT2D eigenvalue weighted by Gasteiger charge is 2.23. The summed E-state index contributed by atoms with van der Waals surface area (Å²) in [4.78, 5) is 10.5. The number of hydrogen-bond acceptors (Lipinski definition) is 2. The largest absolute Gasteiger partial charge is 0.493 e. The zero-order valence-electron chi connectivity index (χ0n) is 13.1. The molecule has 0 unspecified atom stereocenters. The van der Waals surface area contributed by atoms with E-state index in [-0.39, 0.29) is 13.0 Å². The van der Waals surface area contributed by atoms with Crippen LogP contribution in [0.3, 0.4) is 0 Å². The monoisotopic (exact) mass is 294 g/mol. The van der Waals surface area contributed by atoms with Gasteiger partial charge in [-0.1, -0.05) is 38.9 Å². The van der Waals surface area contributed by atoms with E-state index in [1.54, 1.807) is 0 Å². The fraction of sp³-hybridized carbons (Fsp3) is 0.562. The van der Waals surface area contributed by atoms with Crippen molar-refractivity contribution in [2.45, 2.75) is 52.1 Å². The van der Waals surface area contributed by atoms with Crippen molar-refractivity contribution in [1.29, 1.82) is 0 Å². The van der Waals surface area contributed by atoms with Gasteiger partial charge < -0.3 is 9.84 Å². The summed E-state index contributed by atoms with van der Waals surface area (Å²) in [5.74, 6) is -0.0572. The molecule has 0 aliphatic carbocycles. The van der Waals surface area contributed by atoms with Crippen molar-refractivity contribution in [2.24, 2.45) is 0 Å². The highest BCUT2D eigenvalue weighted by atomic mass is 28.3. The molecule has 0 amide bonds. The van der Waals surface area contributed by atoms with Crippen LogP contribution in [0.4, 0.5) is 0 Å². The molecule has 0 spiro atoms. The normalized spacial score (nSPS) is 11.4. The Morgan fingerprint density at radius 3 is 2.30 bits per heavy atom. The smallest absolute Gasteiger partial charge is 0.306 e. The van der Waals surface area contributed by atoms with E-state index in [1.165, 1.54) is 10.8 Å². The van der Waals surface area contributed by atoms with Gasteiger partial charge in [0.05, 0.1) is 21.8 Å². The third-order valence-electron chi connectivity index (χ3n) is 3.62. The first kappa shape index (κ1) is 16.8. The summed E-state index contributed by atoms with van der Waals surface area (Å²) >= 11 is 0. The molecule has 20 heavy (non-hydrogen) atoms. The first-order valence-corrected chi connectivity index (χ1v) is 9.19. The molecule has 0 aliphatic rings. The molecule has 0 bridgehead atoms. The average Bonchev–Trinajstić information content (AvgIpc) is 2.30. The Kier molecular flexibility index (Phi) is 6.27. The zero-order valence-corrected chi connectivity index (χ0v) is 14.3. The van der Waals surface area contributed by atoms with Crippen molar-refractivity contribution in [3.63, 3.8) is 0 Å². The van der Waals surface area contributed by atoms with Gasteiger partial charge in [-0.25, -0.2) is 0 Å². The maximum Gasteiger partial charge on any atom is 0.306 e. The third kappa shape index (κ3) is 4.67. The molecule has 1 N–H and O–H groups in total. The predicted molar refractivity (Wildman–Crippen MR) is 85.9 cm³/mol. The van der Waals surface area contributed by atoms with Gasteiger partial charge in [0.2, 0.25) is 0 Å². The van der Waals surface area contributed by atoms with Crippen molar-refractivity contribution in [2.75, 3.05) is 6.61 Å². The molecule has 1 aromatic carbocycles. The van der Waals surface area contributed by atoms with Gasteiger partial charge in [0.25, 0.3) is 0 Å². The maximum absolute atomic E-state index is 10.5. The zero-order chi connectivity index (χ0) is 15.3. The number of rotatable bonds is 7. The topological polar surface area (TPSA) is 46.5 Å². The summed E-state index contributed by atoms with van der Waals surface area (Å²) in [5, 5.41) is 10.1. The Hall–Kier alpha value is -1.29. The third-order valence-corrected chi connectivity index (χ3v) is 7.86. The second kappa shape index (κ2) is 7.48. The maximum atomic E-state index is 10.5. The van der Waals surface area contributed by atoms with E-state index in [9.17, 15) is 4.79 Å². The number of benzene rings is 1. The second-order valence-electron chi connectivity index (χ2n) is 6.02. The van der Waals surface area contributed by atoms with Crippen molar-refractivity contribution >= 4 is 20.0 Å². The number of hydrogen-bond donors (Lipinski definition) is 1. The first-order chi connectivity index (χ1) is 9.32. The molecule has 0 radical (unpaired) electrons. The second-order valence-corrected chi connectivity index (χ2v) is 10.4. The van der Waals surface area contributed by atoms with E-state index in [0.29, 0.717) is 0 Å². The molecule has 1 aromatic rings. The predicted octanol–water partition coefficient (Wildman–Crippen LogP) is 3.10. The van der Waals surface area contributed by atoms with Gasteiger partial charge in [-0.3, -0.25) is 4.79 Å². The molecule has 112 valence electrons. The lowest BCUT2D eigenvalue weighted by Crippen LogP contribution is -2.37. The van der Waals surface area contributed by atoms with Crippen LogP contribution >= 0.6 is 0 Å². The fourth-order valence-electron chi connectivity index (χ4n) is 2.86. The molecule has 3 nitrogen and oxygen atoms in total. The van der Waals surface area contributed by atoms with Crippen molar-refractivity contribution < 1.29 is 14.6 Å². The van der Waals surface area contributed by atoms with Crippen LogP contribution in [0.1, 0.15) is 39.7 Å². The lowest BCUT2D eigenvalue weighted by atomic mass is 10.2. The van der Waals surface area contributed by atoms with Crippen molar-refractivity contribution in [3.8, 4) is 5.75 Å². The van der Waals surface area contributed by atoms with Gasteiger partial charge in [0.15, 0.2) is 0 Å². The van der Waals surface area contributed by atoms with Crippen molar-refractivity contribution in [1.82, 2.24) is 0 Å². The van der Waals surface area contributed by atoms with Crippen LogP contribution in [0, 0.1) is 6.92 Å². The molecule has 0 atom stereocenters. The van der Waals surface area contributed by atoms with E-state index in [2.05, 4.69) is 40.7 Å². The van der Waals surface area contributed by atoms with E-state index in [0.717, 1.165) is 16.8 Å². The Morgan fingerprint density at radius 2 is 1.85 bits per heavy atom. The number of ether oxygens (including phenoxy) is 1. The number of aliphatic carboxylic acids is 1. The molecule has 1 rings (SSSR count). The van der Waals surface area contributed by atoms with Crippen LogP contribution in [0.15, 0.2) is 18.2 Å². The quantitative estimate of drug-likeness (QED) is 0.786. The molecule has 0 saturated carbocycles. The molecule has 4 heteroatoms. The number of carboxylic acid groups (broad SMARTS) is 1.